The van der Waals surface area contributed by atoms with Gasteiger partial charge < -0.3 is 29.0 Å². The van der Waals surface area contributed by atoms with E-state index in [4.69, 9.17) is 13.9 Å². The Labute approximate surface area is 211 Å². The maximum atomic E-state index is 13.6. The van der Waals surface area contributed by atoms with Crippen LogP contribution in [0.2, 0.25) is 0 Å². The highest BCUT2D eigenvalue weighted by molar-refractivity contribution is 5.92. The monoisotopic (exact) mass is 491 g/mol. The third-order valence-electron chi connectivity index (χ3n) is 6.05. The first kappa shape index (κ1) is 25.2. The second-order valence-corrected chi connectivity index (χ2v) is 9.52. The molecule has 4 rings (SSSR count). The third-order valence-corrected chi connectivity index (χ3v) is 6.05. The van der Waals surface area contributed by atoms with Gasteiger partial charge in [0, 0.05) is 18.8 Å². The van der Waals surface area contributed by atoms with Crippen molar-refractivity contribution in [2.75, 3.05) is 25.2 Å². The van der Waals surface area contributed by atoms with Gasteiger partial charge in [0.25, 0.3) is 0 Å². The highest BCUT2D eigenvalue weighted by Gasteiger charge is 2.24. The van der Waals surface area contributed by atoms with Gasteiger partial charge in [0.1, 0.15) is 12.3 Å². The lowest BCUT2D eigenvalue weighted by Crippen LogP contribution is -2.45. The number of benzene rings is 2. The molecule has 0 aliphatic carbocycles. The van der Waals surface area contributed by atoms with Gasteiger partial charge in [-0.2, -0.15) is 0 Å². The van der Waals surface area contributed by atoms with E-state index in [9.17, 15) is 9.59 Å². The fourth-order valence-electron chi connectivity index (χ4n) is 4.03. The molecule has 190 valence electrons. The number of furan rings is 1. The van der Waals surface area contributed by atoms with E-state index in [0.29, 0.717) is 36.0 Å². The molecule has 1 aromatic heterocycles. The molecule has 3 aromatic rings. The molecular weight excluding hydrogens is 458 g/mol. The SMILES string of the molecule is Cc1ccc(NC(=O)N(CC(=O)N(Cc2ccc3c(c2)OCO3)Cc2ccco2)CC(C)C)cc1C. The van der Waals surface area contributed by atoms with Crippen molar-refractivity contribution in [3.05, 3.63) is 77.2 Å². The van der Waals surface area contributed by atoms with E-state index in [0.717, 1.165) is 16.7 Å². The van der Waals surface area contributed by atoms with Gasteiger partial charge >= 0.3 is 6.03 Å². The van der Waals surface area contributed by atoms with Crippen LogP contribution in [0.5, 0.6) is 11.5 Å². The Kier molecular flexibility index (Phi) is 7.83. The summed E-state index contributed by atoms with van der Waals surface area (Å²) in [7, 11) is 0. The van der Waals surface area contributed by atoms with Crippen molar-refractivity contribution in [2.24, 2.45) is 5.92 Å². The minimum Gasteiger partial charge on any atom is -0.467 e. The van der Waals surface area contributed by atoms with E-state index in [1.165, 1.54) is 0 Å². The van der Waals surface area contributed by atoms with Crippen LogP contribution >= 0.6 is 0 Å². The van der Waals surface area contributed by atoms with Crippen molar-refractivity contribution in [1.29, 1.82) is 0 Å². The smallest absolute Gasteiger partial charge is 0.322 e. The number of aryl methyl sites for hydroxylation is 2. The molecule has 3 amide bonds. The molecule has 2 heterocycles. The number of ether oxygens (including phenoxy) is 2. The summed E-state index contributed by atoms with van der Waals surface area (Å²) < 4.78 is 16.4. The van der Waals surface area contributed by atoms with E-state index in [2.05, 4.69) is 5.32 Å². The van der Waals surface area contributed by atoms with Gasteiger partial charge in [-0.15, -0.1) is 0 Å². The van der Waals surface area contributed by atoms with Crippen molar-refractivity contribution in [1.82, 2.24) is 9.80 Å². The summed E-state index contributed by atoms with van der Waals surface area (Å²) in [6.07, 6.45) is 1.58. The molecule has 0 fully saturated rings. The molecule has 0 radical (unpaired) electrons. The summed E-state index contributed by atoms with van der Waals surface area (Å²) in [4.78, 5) is 30.0. The highest BCUT2D eigenvalue weighted by Crippen LogP contribution is 2.33. The molecule has 1 N–H and O–H groups in total. The van der Waals surface area contributed by atoms with Crippen LogP contribution in [-0.2, 0) is 17.9 Å². The average molecular weight is 492 g/mol. The number of hydrogen-bond acceptors (Lipinski definition) is 5. The van der Waals surface area contributed by atoms with Crippen LogP contribution in [0.25, 0.3) is 0 Å². The second-order valence-electron chi connectivity index (χ2n) is 9.52. The standard InChI is InChI=1S/C28H33N3O5/c1-19(2)14-31(28(33)29-23-9-7-20(3)21(4)12-23)17-27(32)30(16-24-6-5-11-34-24)15-22-8-10-25-26(13-22)36-18-35-25/h5-13,19H,14-18H2,1-4H3,(H,29,33). The van der Waals surface area contributed by atoms with Crippen LogP contribution in [-0.4, -0.2) is 41.6 Å². The lowest BCUT2D eigenvalue weighted by Gasteiger charge is -2.28. The lowest BCUT2D eigenvalue weighted by molar-refractivity contribution is -0.133. The molecule has 1 aliphatic heterocycles. The zero-order valence-electron chi connectivity index (χ0n) is 21.2. The van der Waals surface area contributed by atoms with Crippen LogP contribution in [0.1, 0.15) is 36.3 Å². The molecule has 0 saturated heterocycles. The van der Waals surface area contributed by atoms with Gasteiger partial charge in [-0.3, -0.25) is 4.79 Å². The van der Waals surface area contributed by atoms with Crippen molar-refractivity contribution in [3.8, 4) is 11.5 Å². The fraction of sp³-hybridized carbons (Fsp3) is 0.357. The zero-order valence-corrected chi connectivity index (χ0v) is 21.2. The molecule has 0 saturated carbocycles. The van der Waals surface area contributed by atoms with Gasteiger partial charge in [-0.25, -0.2) is 4.79 Å². The molecular formula is C28H33N3O5. The van der Waals surface area contributed by atoms with E-state index < -0.39 is 0 Å². The van der Waals surface area contributed by atoms with Crippen LogP contribution in [0.15, 0.2) is 59.2 Å². The Morgan fingerprint density at radius 2 is 1.75 bits per heavy atom. The molecule has 8 nitrogen and oxygen atoms in total. The van der Waals surface area contributed by atoms with E-state index in [1.807, 2.05) is 70.2 Å². The maximum absolute atomic E-state index is 13.6. The predicted octanol–water partition coefficient (Wildman–Crippen LogP) is 5.34. The van der Waals surface area contributed by atoms with Crippen LogP contribution in [0, 0.1) is 19.8 Å². The Morgan fingerprint density at radius 3 is 2.47 bits per heavy atom. The lowest BCUT2D eigenvalue weighted by atomic mass is 10.1. The highest BCUT2D eigenvalue weighted by atomic mass is 16.7. The molecule has 1 aliphatic rings. The number of nitrogens with zero attached hydrogens (tertiary/aromatic N) is 2. The van der Waals surface area contributed by atoms with E-state index >= 15 is 0 Å². The van der Waals surface area contributed by atoms with Gasteiger partial charge in [0.15, 0.2) is 11.5 Å². The van der Waals surface area contributed by atoms with E-state index in [-0.39, 0.29) is 37.7 Å². The maximum Gasteiger partial charge on any atom is 0.322 e. The third kappa shape index (κ3) is 6.38. The normalized spacial score (nSPS) is 12.0. The van der Waals surface area contributed by atoms with Crippen molar-refractivity contribution in [2.45, 2.75) is 40.8 Å². The van der Waals surface area contributed by atoms with Gasteiger partial charge in [0.05, 0.1) is 12.8 Å². The first-order valence-corrected chi connectivity index (χ1v) is 12.1. The number of anilines is 1. The summed E-state index contributed by atoms with van der Waals surface area (Å²) in [5.41, 5.74) is 3.85. The Hall–Kier alpha value is -3.94. The number of hydrogen-bond donors (Lipinski definition) is 1. The number of carbonyl (C=O) groups excluding carboxylic acids is 2. The summed E-state index contributed by atoms with van der Waals surface area (Å²) >= 11 is 0. The van der Waals surface area contributed by atoms with Crippen molar-refractivity contribution < 1.29 is 23.5 Å². The van der Waals surface area contributed by atoms with Gasteiger partial charge in [-0.1, -0.05) is 26.0 Å². The number of amides is 3. The first-order chi connectivity index (χ1) is 17.3. The van der Waals surface area contributed by atoms with Crippen LogP contribution in [0.3, 0.4) is 0 Å². The molecule has 0 atom stereocenters. The summed E-state index contributed by atoms with van der Waals surface area (Å²) in [6.45, 7) is 9.28. The summed E-state index contributed by atoms with van der Waals surface area (Å²) in [5, 5.41) is 2.95. The summed E-state index contributed by atoms with van der Waals surface area (Å²) in [5.74, 6) is 2.02. The molecule has 0 spiro atoms. The molecule has 0 bridgehead atoms. The average Bonchev–Trinajstić information content (AvgIpc) is 3.52. The Morgan fingerprint density at radius 1 is 0.944 bits per heavy atom. The van der Waals surface area contributed by atoms with Crippen LogP contribution in [0.4, 0.5) is 10.5 Å². The topological polar surface area (TPSA) is 84.3 Å². The number of fused-ring (bicyclic) bond motifs is 1. The molecule has 2 aromatic carbocycles. The number of nitrogens with one attached hydrogen (secondary N) is 1. The largest absolute Gasteiger partial charge is 0.467 e. The first-order valence-electron chi connectivity index (χ1n) is 12.1. The number of urea groups is 1. The van der Waals surface area contributed by atoms with Crippen molar-refractivity contribution in [3.63, 3.8) is 0 Å². The van der Waals surface area contributed by atoms with E-state index in [1.54, 1.807) is 22.1 Å². The molecule has 8 heteroatoms. The predicted molar refractivity (Wildman–Crippen MR) is 137 cm³/mol. The zero-order chi connectivity index (χ0) is 25.7. The second kappa shape index (κ2) is 11.2. The Bertz CT molecular complexity index is 1210. The number of carbonyl (C=O) groups is 2. The van der Waals surface area contributed by atoms with Crippen molar-refractivity contribution >= 4 is 17.6 Å². The van der Waals surface area contributed by atoms with Gasteiger partial charge in [-0.05, 0) is 72.9 Å². The minimum atomic E-state index is -0.304. The minimum absolute atomic E-state index is 0.0554. The molecule has 0 unspecified atom stereocenters. The molecule has 36 heavy (non-hydrogen) atoms. The summed E-state index contributed by atoms with van der Waals surface area (Å²) in [6, 6.07) is 14.7. The quantitative estimate of drug-likeness (QED) is 0.437. The van der Waals surface area contributed by atoms with Crippen LogP contribution < -0.4 is 14.8 Å². The fourth-order valence-corrected chi connectivity index (χ4v) is 4.03. The number of rotatable bonds is 9. The van der Waals surface area contributed by atoms with Gasteiger partial charge in [0.2, 0.25) is 12.7 Å². The Balaban J connectivity index is 1.50.